The molecule has 6 rings (SSSR count). The average Bonchev–Trinajstić information content (AvgIpc) is 3.13. The molecule has 1 unspecified atom stereocenters. The first-order valence-electron chi connectivity index (χ1n) is 17.2. The molecule has 1 atom stereocenters. The molecule has 0 aromatic heterocycles. The summed E-state index contributed by atoms with van der Waals surface area (Å²) in [7, 11) is 0. The van der Waals surface area contributed by atoms with E-state index in [1.54, 1.807) is 0 Å². The van der Waals surface area contributed by atoms with Gasteiger partial charge in [0, 0.05) is 37.8 Å². The van der Waals surface area contributed by atoms with E-state index in [-0.39, 0.29) is 23.9 Å². The van der Waals surface area contributed by atoms with Gasteiger partial charge in [-0.05, 0) is 83.5 Å². The van der Waals surface area contributed by atoms with Gasteiger partial charge in [-0.15, -0.1) is 0 Å². The fourth-order valence-electron chi connectivity index (χ4n) is 7.09. The van der Waals surface area contributed by atoms with Crippen molar-refractivity contribution in [1.29, 1.82) is 0 Å². The fraction of sp³-hybridized carbons (Fsp3) is 0.286. The molecule has 0 aliphatic carbocycles. The lowest BCUT2D eigenvalue weighted by Gasteiger charge is -2.42. The number of benzene rings is 5. The molecular weight excluding hydrogens is 592 g/mol. The van der Waals surface area contributed by atoms with Crippen molar-refractivity contribution in [2.75, 3.05) is 26.2 Å². The minimum absolute atomic E-state index is 0.105. The first-order chi connectivity index (χ1) is 23.5. The number of carbonyl (C=O) groups is 2. The number of hydrogen-bond acceptors (Lipinski definition) is 4. The molecule has 2 amide bonds. The highest BCUT2D eigenvalue weighted by molar-refractivity contribution is 6.01. The number of nitrogens with one attached hydrogen (secondary N) is 1. The maximum Gasteiger partial charge on any atom is 0.251 e. The Bertz CT molecular complexity index is 1830. The van der Waals surface area contributed by atoms with Crippen LogP contribution in [-0.4, -0.2) is 53.8 Å². The van der Waals surface area contributed by atoms with E-state index < -0.39 is 0 Å². The summed E-state index contributed by atoms with van der Waals surface area (Å²) in [5.41, 5.74) is 11.5. The molecular formula is C42H46N4O2. The van der Waals surface area contributed by atoms with Gasteiger partial charge in [-0.1, -0.05) is 109 Å². The first kappa shape index (κ1) is 33.1. The van der Waals surface area contributed by atoms with Crippen molar-refractivity contribution in [3.8, 4) is 11.1 Å². The molecule has 1 heterocycles. The van der Waals surface area contributed by atoms with Crippen LogP contribution >= 0.6 is 0 Å². The van der Waals surface area contributed by atoms with Crippen molar-refractivity contribution in [1.82, 2.24) is 15.1 Å². The Morgan fingerprint density at radius 3 is 2.38 bits per heavy atom. The number of likely N-dealkylation sites (tertiary alicyclic amines) is 1. The highest BCUT2D eigenvalue weighted by Crippen LogP contribution is 2.33. The Morgan fingerprint density at radius 1 is 0.854 bits per heavy atom. The number of piperidine rings is 1. The van der Waals surface area contributed by atoms with Gasteiger partial charge in [0.1, 0.15) is 0 Å². The van der Waals surface area contributed by atoms with Crippen LogP contribution in [0.15, 0.2) is 121 Å². The third kappa shape index (κ3) is 7.84. The topological polar surface area (TPSA) is 78.7 Å². The van der Waals surface area contributed by atoms with E-state index in [4.69, 9.17) is 5.73 Å². The maximum absolute atomic E-state index is 14.5. The average molecular weight is 639 g/mol. The maximum atomic E-state index is 14.5. The summed E-state index contributed by atoms with van der Waals surface area (Å²) in [6.07, 6.45) is 2.92. The SMILES string of the molecule is CC(c1cccc(-c2ccccc2C(=O)NCCCN)c1)N(C(=O)Cc1cccc2ccccc12)C1CCN(Cc2ccccc2)CC1. The zero-order valence-corrected chi connectivity index (χ0v) is 27.9. The summed E-state index contributed by atoms with van der Waals surface area (Å²) in [6, 6.07) is 41.2. The number of nitrogens with two attached hydrogens (primary N) is 1. The van der Waals surface area contributed by atoms with Gasteiger partial charge in [0.15, 0.2) is 0 Å². The minimum Gasteiger partial charge on any atom is -0.352 e. The monoisotopic (exact) mass is 638 g/mol. The molecule has 6 nitrogen and oxygen atoms in total. The van der Waals surface area contributed by atoms with Crippen molar-refractivity contribution in [2.24, 2.45) is 5.73 Å². The van der Waals surface area contributed by atoms with E-state index in [2.05, 4.69) is 88.8 Å². The van der Waals surface area contributed by atoms with E-state index in [1.807, 2.05) is 54.6 Å². The van der Waals surface area contributed by atoms with Gasteiger partial charge >= 0.3 is 0 Å². The molecule has 3 N–H and O–H groups in total. The fourth-order valence-corrected chi connectivity index (χ4v) is 7.09. The third-order valence-corrected chi connectivity index (χ3v) is 9.64. The van der Waals surface area contributed by atoms with Crippen LogP contribution in [0.2, 0.25) is 0 Å². The largest absolute Gasteiger partial charge is 0.352 e. The van der Waals surface area contributed by atoms with Crippen molar-refractivity contribution >= 4 is 22.6 Å². The summed E-state index contributed by atoms with van der Waals surface area (Å²) in [5, 5.41) is 5.28. The smallest absolute Gasteiger partial charge is 0.251 e. The lowest BCUT2D eigenvalue weighted by molar-refractivity contribution is -0.136. The quantitative estimate of drug-likeness (QED) is 0.140. The van der Waals surface area contributed by atoms with Crippen molar-refractivity contribution in [3.05, 3.63) is 144 Å². The zero-order valence-electron chi connectivity index (χ0n) is 27.9. The van der Waals surface area contributed by atoms with Crippen molar-refractivity contribution in [2.45, 2.75) is 51.2 Å². The van der Waals surface area contributed by atoms with Crippen LogP contribution in [0.5, 0.6) is 0 Å². The molecule has 1 fully saturated rings. The number of hydrogen-bond donors (Lipinski definition) is 2. The summed E-state index contributed by atoms with van der Waals surface area (Å²) in [5.74, 6) is 0.0390. The van der Waals surface area contributed by atoms with Gasteiger partial charge in [-0.2, -0.15) is 0 Å². The van der Waals surface area contributed by atoms with Crippen molar-refractivity contribution in [3.63, 3.8) is 0 Å². The molecule has 0 bridgehead atoms. The lowest BCUT2D eigenvalue weighted by atomic mass is 9.93. The second-order valence-electron chi connectivity index (χ2n) is 12.9. The summed E-state index contributed by atoms with van der Waals surface area (Å²) >= 11 is 0. The molecule has 5 aromatic rings. The summed E-state index contributed by atoms with van der Waals surface area (Å²) in [4.78, 5) is 32.3. The Balaban J connectivity index is 1.28. The van der Waals surface area contributed by atoms with Gasteiger partial charge in [0.25, 0.3) is 5.91 Å². The number of amides is 2. The van der Waals surface area contributed by atoms with Crippen LogP contribution in [0.25, 0.3) is 21.9 Å². The second-order valence-corrected chi connectivity index (χ2v) is 12.9. The molecule has 1 aliphatic rings. The predicted molar refractivity (Wildman–Crippen MR) is 196 cm³/mol. The Kier molecular flexibility index (Phi) is 11.0. The minimum atomic E-state index is -0.149. The van der Waals surface area contributed by atoms with Crippen LogP contribution in [0, 0.1) is 0 Å². The van der Waals surface area contributed by atoms with Crippen LogP contribution in [-0.2, 0) is 17.8 Å². The first-order valence-corrected chi connectivity index (χ1v) is 17.2. The Morgan fingerprint density at radius 2 is 1.56 bits per heavy atom. The molecule has 0 spiro atoms. The van der Waals surface area contributed by atoms with E-state index >= 15 is 0 Å². The summed E-state index contributed by atoms with van der Waals surface area (Å²) in [6.45, 7) is 6.03. The predicted octanol–water partition coefficient (Wildman–Crippen LogP) is 7.38. The summed E-state index contributed by atoms with van der Waals surface area (Å²) < 4.78 is 0. The standard InChI is InChI=1S/C42H46N4O2/c1-31(34-16-10-17-35(28-34)39-20-7-8-21-40(39)42(48)44-25-11-24-43)46(37-22-26-45(27-23-37)30-32-12-3-2-4-13-32)41(47)29-36-18-9-15-33-14-5-6-19-38(33)36/h2-10,12-21,28,31,37H,11,22-27,29-30,43H2,1H3,(H,44,48). The number of carbonyl (C=O) groups excluding carboxylic acids is 2. The highest BCUT2D eigenvalue weighted by Gasteiger charge is 2.32. The zero-order chi connectivity index (χ0) is 33.3. The van der Waals surface area contributed by atoms with Crippen molar-refractivity contribution < 1.29 is 9.59 Å². The van der Waals surface area contributed by atoms with Gasteiger partial charge in [0.2, 0.25) is 5.91 Å². The van der Waals surface area contributed by atoms with E-state index in [0.29, 0.717) is 25.1 Å². The molecule has 1 saturated heterocycles. The number of nitrogens with zero attached hydrogens (tertiary/aromatic N) is 2. The van der Waals surface area contributed by atoms with Crippen LogP contribution in [0.4, 0.5) is 0 Å². The van der Waals surface area contributed by atoms with Gasteiger partial charge in [-0.3, -0.25) is 14.5 Å². The van der Waals surface area contributed by atoms with E-state index in [0.717, 1.165) is 71.9 Å². The van der Waals surface area contributed by atoms with Gasteiger partial charge in [0.05, 0.1) is 12.5 Å². The number of rotatable bonds is 12. The van der Waals surface area contributed by atoms with Crippen LogP contribution in [0.3, 0.4) is 0 Å². The lowest BCUT2D eigenvalue weighted by Crippen LogP contribution is -2.48. The normalized spacial score (nSPS) is 14.5. The Hall–Kier alpha value is -4.78. The molecule has 0 radical (unpaired) electrons. The number of fused-ring (bicyclic) bond motifs is 1. The van der Waals surface area contributed by atoms with E-state index in [9.17, 15) is 9.59 Å². The van der Waals surface area contributed by atoms with Crippen LogP contribution < -0.4 is 11.1 Å². The highest BCUT2D eigenvalue weighted by atomic mass is 16.2. The molecule has 0 saturated carbocycles. The molecule has 48 heavy (non-hydrogen) atoms. The van der Waals surface area contributed by atoms with Gasteiger partial charge < -0.3 is 16.0 Å². The second kappa shape index (κ2) is 15.9. The Labute approximate surface area is 284 Å². The van der Waals surface area contributed by atoms with E-state index in [1.165, 1.54) is 5.56 Å². The third-order valence-electron chi connectivity index (χ3n) is 9.64. The molecule has 246 valence electrons. The van der Waals surface area contributed by atoms with Gasteiger partial charge in [-0.25, -0.2) is 0 Å². The molecule has 5 aromatic carbocycles. The molecule has 1 aliphatic heterocycles. The molecule has 6 heteroatoms. The van der Waals surface area contributed by atoms with Crippen LogP contribution in [0.1, 0.15) is 59.3 Å².